The first-order valence-corrected chi connectivity index (χ1v) is 16.5. The van der Waals surface area contributed by atoms with Gasteiger partial charge in [0.25, 0.3) is 0 Å². The van der Waals surface area contributed by atoms with Crippen molar-refractivity contribution in [3.8, 4) is 11.1 Å². The molecule has 8 nitrogen and oxygen atoms in total. The number of benzene rings is 2. The number of piperazine rings is 1. The normalized spacial score (nSPS) is 24.8. The second-order valence-electron chi connectivity index (χ2n) is 12.1. The first kappa shape index (κ1) is 29.7. The van der Waals surface area contributed by atoms with Crippen LogP contribution < -0.4 is 10.6 Å². The van der Waals surface area contributed by atoms with E-state index in [4.69, 9.17) is 16.3 Å². The van der Waals surface area contributed by atoms with E-state index in [1.165, 1.54) is 18.2 Å². The van der Waals surface area contributed by atoms with Gasteiger partial charge in [0.15, 0.2) is 0 Å². The van der Waals surface area contributed by atoms with Gasteiger partial charge in [-0.15, -0.1) is 11.8 Å². The second-order valence-corrected chi connectivity index (χ2v) is 13.6. The number of amides is 1. The molecule has 0 aliphatic carbocycles. The third kappa shape index (κ3) is 5.11. The number of carbonyl (C=O) groups excluding carboxylic acids is 1. The van der Waals surface area contributed by atoms with Crippen LogP contribution in [0.5, 0.6) is 0 Å². The number of carbonyl (C=O) groups is 1. The fourth-order valence-electron chi connectivity index (χ4n) is 7.32. The summed E-state index contributed by atoms with van der Waals surface area (Å²) in [6.45, 7) is 9.69. The molecule has 2 bridgehead atoms. The highest BCUT2D eigenvalue weighted by Gasteiger charge is 2.39. The summed E-state index contributed by atoms with van der Waals surface area (Å²) in [5.74, 6) is -0.415. The maximum absolute atomic E-state index is 15.2. The van der Waals surface area contributed by atoms with Crippen molar-refractivity contribution in [1.82, 2.24) is 19.4 Å². The van der Waals surface area contributed by atoms with E-state index in [9.17, 15) is 14.0 Å². The quantitative estimate of drug-likeness (QED) is 0.332. The molecule has 3 aromatic rings. The van der Waals surface area contributed by atoms with Gasteiger partial charge in [-0.05, 0) is 57.0 Å². The maximum Gasteiger partial charge on any atom is 0.350 e. The number of hydrogen-bond donors (Lipinski definition) is 0. The Labute approximate surface area is 263 Å². The molecule has 4 aliphatic heterocycles. The van der Waals surface area contributed by atoms with Crippen molar-refractivity contribution in [2.75, 3.05) is 50.0 Å². The standard InChI is InChI=1S/C32H34ClF2N5O3S/c1-3-27(41)38-9-10-39(18(2)14-38)31-24-13-25(33)28(23-7-6-19(34)11-26(23)35)30-29(24)40(32(42)36-31)20(17-44-30)5-4-8-37-15-22-12-21(37)16-43-22/h3,6-7,11,13,18,20-22H,1,4-5,8-10,12,14-17H2,2H3/t18-,20+,21-,22-/m0/s1. The second kappa shape index (κ2) is 11.7. The summed E-state index contributed by atoms with van der Waals surface area (Å²) in [6, 6.07) is 5.48. The van der Waals surface area contributed by atoms with Crippen LogP contribution in [0.3, 0.4) is 0 Å². The van der Waals surface area contributed by atoms with Gasteiger partial charge < -0.3 is 14.5 Å². The summed E-state index contributed by atoms with van der Waals surface area (Å²) < 4.78 is 36.6. The largest absolute Gasteiger partial charge is 0.375 e. The highest BCUT2D eigenvalue weighted by molar-refractivity contribution is 7.99. The monoisotopic (exact) mass is 641 g/mol. The Balaban J connectivity index is 1.31. The van der Waals surface area contributed by atoms with Crippen LogP contribution in [-0.4, -0.2) is 88.5 Å². The Kier molecular flexibility index (Phi) is 7.93. The highest BCUT2D eigenvalue weighted by atomic mass is 35.5. The molecule has 1 amide bonds. The number of nitrogens with zero attached hydrogens (tertiary/aromatic N) is 5. The SMILES string of the molecule is C=CC(=O)N1CCN(c2nc(=O)n3c4c(c(-c5ccc(F)cc5F)c(Cl)cc24)SC[C@H]3CCCN2C[C@@H]3C[C@H]2CO3)[C@@H](C)C1. The number of rotatable bonds is 7. The number of halogens is 3. The molecule has 2 aromatic carbocycles. The zero-order valence-corrected chi connectivity index (χ0v) is 26.0. The molecule has 4 atom stereocenters. The third-order valence-electron chi connectivity index (χ3n) is 9.46. The molecule has 5 heterocycles. The lowest BCUT2D eigenvalue weighted by molar-refractivity contribution is -0.126. The van der Waals surface area contributed by atoms with Crippen LogP contribution in [0.25, 0.3) is 22.0 Å². The Hall–Kier alpha value is -2.99. The highest BCUT2D eigenvalue weighted by Crippen LogP contribution is 2.48. The van der Waals surface area contributed by atoms with Crippen molar-refractivity contribution < 1.29 is 18.3 Å². The average Bonchev–Trinajstić information content (AvgIpc) is 3.63. The van der Waals surface area contributed by atoms with Crippen LogP contribution >= 0.6 is 23.4 Å². The number of morpholine rings is 1. The summed E-state index contributed by atoms with van der Waals surface area (Å²) in [5, 5.41) is 1.01. The van der Waals surface area contributed by atoms with Gasteiger partial charge in [0.1, 0.15) is 17.5 Å². The van der Waals surface area contributed by atoms with Crippen molar-refractivity contribution in [3.63, 3.8) is 0 Å². The number of thioether (sulfide) groups is 1. The molecule has 44 heavy (non-hydrogen) atoms. The molecule has 3 fully saturated rings. The molecule has 0 spiro atoms. The lowest BCUT2D eigenvalue weighted by atomic mass is 10.0. The average molecular weight is 642 g/mol. The first-order chi connectivity index (χ1) is 21.2. The molecule has 0 N–H and O–H groups in total. The minimum Gasteiger partial charge on any atom is -0.375 e. The van der Waals surface area contributed by atoms with Crippen LogP contribution in [-0.2, 0) is 9.53 Å². The Morgan fingerprint density at radius 3 is 2.80 bits per heavy atom. The minimum absolute atomic E-state index is 0.105. The summed E-state index contributed by atoms with van der Waals surface area (Å²) in [4.78, 5) is 37.9. The Morgan fingerprint density at radius 2 is 2.09 bits per heavy atom. The van der Waals surface area contributed by atoms with E-state index in [1.807, 2.05) is 11.8 Å². The van der Waals surface area contributed by atoms with Crippen molar-refractivity contribution in [2.45, 2.75) is 55.3 Å². The first-order valence-electron chi connectivity index (χ1n) is 15.1. The van der Waals surface area contributed by atoms with Crippen LogP contribution in [0.2, 0.25) is 5.02 Å². The fourth-order valence-corrected chi connectivity index (χ4v) is 9.06. The molecule has 0 unspecified atom stereocenters. The summed E-state index contributed by atoms with van der Waals surface area (Å²) in [5.41, 5.74) is 0.952. The van der Waals surface area contributed by atoms with Gasteiger partial charge in [-0.3, -0.25) is 14.3 Å². The lowest BCUT2D eigenvalue weighted by Crippen LogP contribution is -2.54. The molecular weight excluding hydrogens is 608 g/mol. The topological polar surface area (TPSA) is 70.9 Å². The number of aromatic nitrogens is 2. The molecular formula is C32H34ClF2N5O3S. The van der Waals surface area contributed by atoms with Crippen molar-refractivity contribution in [1.29, 1.82) is 0 Å². The summed E-state index contributed by atoms with van der Waals surface area (Å²) in [7, 11) is 0. The zero-order valence-electron chi connectivity index (χ0n) is 24.5. The molecule has 1 aromatic heterocycles. The zero-order chi connectivity index (χ0) is 30.7. The summed E-state index contributed by atoms with van der Waals surface area (Å²) in [6.07, 6.45) is 4.45. The number of hydrogen-bond acceptors (Lipinski definition) is 7. The van der Waals surface area contributed by atoms with E-state index in [2.05, 4.69) is 16.5 Å². The molecule has 232 valence electrons. The number of fused-ring (bicyclic) bond motifs is 2. The van der Waals surface area contributed by atoms with Gasteiger partial charge in [-0.25, -0.2) is 13.6 Å². The lowest BCUT2D eigenvalue weighted by Gasteiger charge is -2.41. The van der Waals surface area contributed by atoms with Gasteiger partial charge in [-0.2, -0.15) is 4.98 Å². The minimum atomic E-state index is -0.714. The van der Waals surface area contributed by atoms with E-state index in [-0.39, 0.29) is 29.2 Å². The number of ether oxygens (including phenoxy) is 1. The molecule has 0 radical (unpaired) electrons. The van der Waals surface area contributed by atoms with E-state index in [0.717, 1.165) is 45.0 Å². The van der Waals surface area contributed by atoms with Gasteiger partial charge in [-0.1, -0.05) is 18.2 Å². The van der Waals surface area contributed by atoms with E-state index in [0.29, 0.717) is 69.7 Å². The number of anilines is 1. The molecule has 3 saturated heterocycles. The van der Waals surface area contributed by atoms with Crippen LogP contribution in [0, 0.1) is 11.6 Å². The maximum atomic E-state index is 15.2. The number of likely N-dealkylation sites (tertiary alicyclic amines) is 1. The van der Waals surface area contributed by atoms with Gasteiger partial charge >= 0.3 is 5.69 Å². The molecule has 12 heteroatoms. The Bertz CT molecular complexity index is 1720. The molecule has 0 saturated carbocycles. The van der Waals surface area contributed by atoms with Crippen LogP contribution in [0.4, 0.5) is 14.6 Å². The van der Waals surface area contributed by atoms with Crippen LogP contribution in [0.15, 0.2) is 46.6 Å². The van der Waals surface area contributed by atoms with Gasteiger partial charge in [0, 0.05) is 77.5 Å². The van der Waals surface area contributed by atoms with Crippen molar-refractivity contribution in [2.24, 2.45) is 0 Å². The van der Waals surface area contributed by atoms with E-state index >= 15 is 4.39 Å². The van der Waals surface area contributed by atoms with E-state index in [1.54, 1.807) is 27.3 Å². The smallest absolute Gasteiger partial charge is 0.350 e. The predicted molar refractivity (Wildman–Crippen MR) is 169 cm³/mol. The van der Waals surface area contributed by atoms with Gasteiger partial charge in [0.05, 0.1) is 23.3 Å². The van der Waals surface area contributed by atoms with Crippen molar-refractivity contribution >= 4 is 46.0 Å². The third-order valence-corrected chi connectivity index (χ3v) is 11.0. The van der Waals surface area contributed by atoms with Crippen molar-refractivity contribution in [3.05, 3.63) is 64.1 Å². The van der Waals surface area contributed by atoms with Gasteiger partial charge in [0.2, 0.25) is 5.91 Å². The van der Waals surface area contributed by atoms with Crippen LogP contribution in [0.1, 0.15) is 32.2 Å². The van der Waals surface area contributed by atoms with E-state index < -0.39 is 11.6 Å². The predicted octanol–water partition coefficient (Wildman–Crippen LogP) is 5.12. The molecule has 4 aliphatic rings. The summed E-state index contributed by atoms with van der Waals surface area (Å²) >= 11 is 8.47. The Morgan fingerprint density at radius 1 is 1.25 bits per heavy atom. The molecule has 7 rings (SSSR count). The fraction of sp³-hybridized carbons (Fsp3) is 0.469.